The molecule has 1 aliphatic carbocycles. The Kier molecular flexibility index (Phi) is 7.86. The highest BCUT2D eigenvalue weighted by molar-refractivity contribution is 6.19. The van der Waals surface area contributed by atoms with E-state index >= 15 is 0 Å². The van der Waals surface area contributed by atoms with Gasteiger partial charge in [0.1, 0.15) is 13.1 Å². The van der Waals surface area contributed by atoms with Crippen LogP contribution >= 0.6 is 0 Å². The molecule has 2 nitrogen and oxygen atoms in total. The molecule has 2 aromatic carbocycles. The molecule has 0 aliphatic heterocycles. The van der Waals surface area contributed by atoms with Crippen LogP contribution in [0.25, 0.3) is 5.57 Å². The number of aryl methyl sites for hydroxylation is 1. The summed E-state index contributed by atoms with van der Waals surface area (Å²) in [7, 11) is 0. The van der Waals surface area contributed by atoms with E-state index in [4.69, 9.17) is 4.74 Å². The van der Waals surface area contributed by atoms with Crippen LogP contribution in [0.4, 0.5) is 0 Å². The van der Waals surface area contributed by atoms with E-state index in [1.807, 2.05) is 6.26 Å². The number of nitrogens with zero attached hydrogens (tertiary/aromatic N) is 1. The fraction of sp³-hybridized carbons (Fsp3) is 0.370. The lowest BCUT2D eigenvalue weighted by Gasteiger charge is -2.20. The first-order chi connectivity index (χ1) is 14.3. The van der Waals surface area contributed by atoms with Crippen molar-refractivity contribution in [2.75, 3.05) is 19.7 Å². The van der Waals surface area contributed by atoms with Crippen molar-refractivity contribution in [3.63, 3.8) is 0 Å². The zero-order valence-corrected chi connectivity index (χ0v) is 18.2. The monoisotopic (exact) mass is 388 g/mol. The van der Waals surface area contributed by atoms with Gasteiger partial charge in [-0.3, -0.25) is 0 Å². The number of benzene rings is 2. The van der Waals surface area contributed by atoms with Gasteiger partial charge in [-0.25, -0.2) is 4.58 Å². The van der Waals surface area contributed by atoms with Crippen LogP contribution in [0.1, 0.15) is 56.7 Å². The quantitative estimate of drug-likeness (QED) is 0.403. The van der Waals surface area contributed by atoms with Gasteiger partial charge in [-0.05, 0) is 42.5 Å². The third kappa shape index (κ3) is 5.06. The normalized spacial score (nSPS) is 17.1. The number of fused-ring (bicyclic) bond motifs is 1. The molecule has 0 amide bonds. The third-order valence-corrected chi connectivity index (χ3v) is 5.34. The standard InChI is InChI=1S/C27H34NO/c1-4-19-28(20-5-2)27-25-17-11-10-15-23(25)16-12-18-24(26(27)21-29-6-3)22-13-8-7-9-14-22/h7-11,13-15,17-18,21H,4-6,12,16,19-20H2,1-3H3/q+1/b24-18-,26-21-. The minimum Gasteiger partial charge on any atom is -0.501 e. The highest BCUT2D eigenvalue weighted by atomic mass is 16.5. The molecule has 0 unspecified atom stereocenters. The molecule has 0 fully saturated rings. The van der Waals surface area contributed by atoms with Crippen LogP contribution in [0.2, 0.25) is 0 Å². The van der Waals surface area contributed by atoms with E-state index in [9.17, 15) is 0 Å². The van der Waals surface area contributed by atoms with E-state index in [-0.39, 0.29) is 0 Å². The molecule has 1 aliphatic rings. The topological polar surface area (TPSA) is 12.2 Å². The van der Waals surface area contributed by atoms with Gasteiger partial charge in [-0.2, -0.15) is 0 Å². The Hall–Kier alpha value is -2.61. The van der Waals surface area contributed by atoms with Gasteiger partial charge in [0.2, 0.25) is 5.71 Å². The summed E-state index contributed by atoms with van der Waals surface area (Å²) in [5.74, 6) is 0. The highest BCUT2D eigenvalue weighted by Crippen LogP contribution is 2.31. The van der Waals surface area contributed by atoms with E-state index in [1.54, 1.807) is 0 Å². The number of ether oxygens (including phenoxy) is 1. The molecule has 152 valence electrons. The second-order valence-electron chi connectivity index (χ2n) is 7.50. The average molecular weight is 389 g/mol. The summed E-state index contributed by atoms with van der Waals surface area (Å²) >= 11 is 0. The van der Waals surface area contributed by atoms with Gasteiger partial charge in [0.15, 0.2) is 0 Å². The SMILES string of the molecule is CCC[N+](CCC)=C1C(=C\OCC)/C(c2ccccc2)=C\CCc2ccccc21. The summed E-state index contributed by atoms with van der Waals surface area (Å²) in [5.41, 5.74) is 7.82. The van der Waals surface area contributed by atoms with E-state index in [0.717, 1.165) is 38.8 Å². The van der Waals surface area contributed by atoms with Crippen molar-refractivity contribution in [1.29, 1.82) is 0 Å². The van der Waals surface area contributed by atoms with E-state index < -0.39 is 0 Å². The van der Waals surface area contributed by atoms with Crippen LogP contribution < -0.4 is 0 Å². The smallest absolute Gasteiger partial charge is 0.218 e. The van der Waals surface area contributed by atoms with Gasteiger partial charge in [0, 0.05) is 18.4 Å². The minimum atomic E-state index is 0.669. The molecule has 2 heteroatoms. The van der Waals surface area contributed by atoms with Crippen molar-refractivity contribution in [3.8, 4) is 0 Å². The molecule has 0 atom stereocenters. The molecule has 0 aromatic heterocycles. The minimum absolute atomic E-state index is 0.669. The molecule has 0 N–H and O–H groups in total. The average Bonchev–Trinajstić information content (AvgIpc) is 2.74. The Morgan fingerprint density at radius 2 is 1.59 bits per heavy atom. The lowest BCUT2D eigenvalue weighted by molar-refractivity contribution is -0.527. The van der Waals surface area contributed by atoms with Crippen LogP contribution in [0.3, 0.4) is 0 Å². The predicted molar refractivity (Wildman–Crippen MR) is 124 cm³/mol. The molecular formula is C27H34NO+. The summed E-state index contributed by atoms with van der Waals surface area (Å²) in [6, 6.07) is 19.6. The van der Waals surface area contributed by atoms with Gasteiger partial charge >= 0.3 is 0 Å². The Bertz CT molecular complexity index is 882. The first-order valence-corrected chi connectivity index (χ1v) is 11.1. The summed E-state index contributed by atoms with van der Waals surface area (Å²) in [4.78, 5) is 0. The summed E-state index contributed by atoms with van der Waals surface area (Å²) in [6.45, 7) is 9.33. The number of hydrogen-bond donors (Lipinski definition) is 0. The molecule has 3 rings (SSSR count). The van der Waals surface area contributed by atoms with E-state index in [2.05, 4.69) is 86.0 Å². The van der Waals surface area contributed by atoms with Crippen molar-refractivity contribution < 1.29 is 9.31 Å². The molecule has 2 aromatic rings. The zero-order valence-electron chi connectivity index (χ0n) is 18.2. The van der Waals surface area contributed by atoms with Crippen molar-refractivity contribution >= 4 is 11.3 Å². The van der Waals surface area contributed by atoms with Gasteiger partial charge in [-0.1, -0.05) is 68.5 Å². The molecule has 0 bridgehead atoms. The van der Waals surface area contributed by atoms with Gasteiger partial charge in [0.05, 0.1) is 18.4 Å². The maximum absolute atomic E-state index is 5.92. The molecular weight excluding hydrogens is 354 g/mol. The number of rotatable bonds is 7. The molecule has 0 heterocycles. The van der Waals surface area contributed by atoms with Gasteiger partial charge in [-0.15, -0.1) is 0 Å². The van der Waals surface area contributed by atoms with Gasteiger partial charge in [0.25, 0.3) is 0 Å². The Morgan fingerprint density at radius 3 is 2.28 bits per heavy atom. The lowest BCUT2D eigenvalue weighted by atomic mass is 9.85. The fourth-order valence-electron chi connectivity index (χ4n) is 4.12. The molecule has 0 saturated heterocycles. The predicted octanol–water partition coefficient (Wildman–Crippen LogP) is 6.26. The Balaban J connectivity index is 2.30. The van der Waals surface area contributed by atoms with Crippen molar-refractivity contribution in [2.24, 2.45) is 0 Å². The summed E-state index contributed by atoms with van der Waals surface area (Å²) < 4.78 is 8.48. The molecule has 0 saturated carbocycles. The van der Waals surface area contributed by atoms with Gasteiger partial charge < -0.3 is 4.74 Å². The van der Waals surface area contributed by atoms with Crippen LogP contribution in [0.15, 0.2) is 72.5 Å². The van der Waals surface area contributed by atoms with Crippen LogP contribution in [-0.4, -0.2) is 30.0 Å². The number of hydrogen-bond acceptors (Lipinski definition) is 1. The Morgan fingerprint density at radius 1 is 0.897 bits per heavy atom. The van der Waals surface area contributed by atoms with Crippen molar-refractivity contribution in [2.45, 2.75) is 46.5 Å². The third-order valence-electron chi connectivity index (χ3n) is 5.34. The first kappa shape index (κ1) is 21.1. The van der Waals surface area contributed by atoms with E-state index in [0.29, 0.717) is 6.61 Å². The van der Waals surface area contributed by atoms with E-state index in [1.165, 1.54) is 33.5 Å². The van der Waals surface area contributed by atoms with Crippen molar-refractivity contribution in [1.82, 2.24) is 0 Å². The fourth-order valence-corrected chi connectivity index (χ4v) is 4.12. The second kappa shape index (κ2) is 10.8. The largest absolute Gasteiger partial charge is 0.501 e. The highest BCUT2D eigenvalue weighted by Gasteiger charge is 2.28. The summed E-state index contributed by atoms with van der Waals surface area (Å²) in [5, 5.41) is 0. The Labute approximate surface area is 176 Å². The molecule has 29 heavy (non-hydrogen) atoms. The van der Waals surface area contributed by atoms with Crippen molar-refractivity contribution in [3.05, 3.63) is 89.2 Å². The van der Waals surface area contributed by atoms with Crippen LogP contribution in [0, 0.1) is 0 Å². The molecule has 0 radical (unpaired) electrons. The van der Waals surface area contributed by atoms with Crippen LogP contribution in [-0.2, 0) is 11.2 Å². The first-order valence-electron chi connectivity index (χ1n) is 11.1. The maximum atomic E-state index is 5.92. The second-order valence-corrected chi connectivity index (χ2v) is 7.50. The zero-order chi connectivity index (χ0) is 20.5. The molecule has 0 spiro atoms. The number of allylic oxidation sites excluding steroid dienone is 3. The lowest BCUT2D eigenvalue weighted by Crippen LogP contribution is -2.28. The maximum Gasteiger partial charge on any atom is 0.218 e. The van der Waals surface area contributed by atoms with Crippen LogP contribution in [0.5, 0.6) is 0 Å². The summed E-state index contributed by atoms with van der Waals surface area (Å²) in [6.07, 6.45) is 8.72.